The number of benzene rings is 2. The lowest BCUT2D eigenvalue weighted by Gasteiger charge is -2.23. The molecule has 5 heteroatoms. The Morgan fingerprint density at radius 1 is 1.18 bits per heavy atom. The standard InChI is InChI=1S/C17H15FN2O2/c1-11(16(21)19-15-9-5-4-8-14(15)18)20-10-12-6-2-3-7-13(12)17(20)22/h2-9,11H,10H2,1H3,(H,19,21). The Bertz CT molecular complexity index is 745. The molecule has 1 aliphatic rings. The first-order valence-corrected chi connectivity index (χ1v) is 7.02. The monoisotopic (exact) mass is 298 g/mol. The molecule has 0 aliphatic carbocycles. The van der Waals surface area contributed by atoms with Crippen LogP contribution in [0.3, 0.4) is 0 Å². The summed E-state index contributed by atoms with van der Waals surface area (Å²) in [4.78, 5) is 26.1. The summed E-state index contributed by atoms with van der Waals surface area (Å²) in [7, 11) is 0. The maximum Gasteiger partial charge on any atom is 0.255 e. The van der Waals surface area contributed by atoms with Gasteiger partial charge in [0.15, 0.2) is 0 Å². The van der Waals surface area contributed by atoms with Crippen LogP contribution in [0.1, 0.15) is 22.8 Å². The molecule has 0 saturated carbocycles. The van der Waals surface area contributed by atoms with Crippen molar-refractivity contribution < 1.29 is 14.0 Å². The first kappa shape index (κ1) is 14.3. The molecule has 2 amide bonds. The number of amides is 2. The van der Waals surface area contributed by atoms with Crippen molar-refractivity contribution in [1.82, 2.24) is 4.90 Å². The van der Waals surface area contributed by atoms with Crippen molar-refractivity contribution in [2.45, 2.75) is 19.5 Å². The molecule has 0 saturated heterocycles. The van der Waals surface area contributed by atoms with E-state index in [1.54, 1.807) is 31.2 Å². The van der Waals surface area contributed by atoms with Crippen molar-refractivity contribution in [2.75, 3.05) is 5.32 Å². The Morgan fingerprint density at radius 2 is 1.86 bits per heavy atom. The number of fused-ring (bicyclic) bond motifs is 1. The number of carbonyl (C=O) groups is 2. The lowest BCUT2D eigenvalue weighted by atomic mass is 10.1. The molecule has 0 aromatic heterocycles. The van der Waals surface area contributed by atoms with Gasteiger partial charge in [-0.2, -0.15) is 0 Å². The molecule has 1 atom stereocenters. The molecule has 0 fully saturated rings. The van der Waals surface area contributed by atoms with Crippen molar-refractivity contribution in [3.63, 3.8) is 0 Å². The van der Waals surface area contributed by atoms with Gasteiger partial charge >= 0.3 is 0 Å². The van der Waals surface area contributed by atoms with E-state index in [2.05, 4.69) is 5.32 Å². The quantitative estimate of drug-likeness (QED) is 0.947. The molecular formula is C17H15FN2O2. The van der Waals surface area contributed by atoms with E-state index in [1.807, 2.05) is 12.1 Å². The molecule has 1 unspecified atom stereocenters. The van der Waals surface area contributed by atoms with E-state index in [1.165, 1.54) is 17.0 Å². The van der Waals surface area contributed by atoms with Crippen LogP contribution in [0.2, 0.25) is 0 Å². The van der Waals surface area contributed by atoms with E-state index in [4.69, 9.17) is 0 Å². The fourth-order valence-corrected chi connectivity index (χ4v) is 2.53. The van der Waals surface area contributed by atoms with Crippen LogP contribution in [0.25, 0.3) is 0 Å². The predicted molar refractivity (Wildman–Crippen MR) is 80.8 cm³/mol. The van der Waals surface area contributed by atoms with Crippen LogP contribution < -0.4 is 5.32 Å². The topological polar surface area (TPSA) is 49.4 Å². The molecule has 0 spiro atoms. The van der Waals surface area contributed by atoms with Gasteiger partial charge in [0.1, 0.15) is 11.9 Å². The number of hydrogen-bond acceptors (Lipinski definition) is 2. The second kappa shape index (κ2) is 5.60. The van der Waals surface area contributed by atoms with Gasteiger partial charge in [0, 0.05) is 12.1 Å². The largest absolute Gasteiger partial charge is 0.323 e. The second-order valence-corrected chi connectivity index (χ2v) is 5.24. The molecule has 1 aliphatic heterocycles. The normalized spacial score (nSPS) is 14.6. The lowest BCUT2D eigenvalue weighted by Crippen LogP contribution is -2.42. The van der Waals surface area contributed by atoms with Gasteiger partial charge in [-0.15, -0.1) is 0 Å². The van der Waals surface area contributed by atoms with Gasteiger partial charge < -0.3 is 10.2 Å². The first-order valence-electron chi connectivity index (χ1n) is 7.02. The summed E-state index contributed by atoms with van der Waals surface area (Å²) in [5.74, 6) is -1.09. The van der Waals surface area contributed by atoms with E-state index < -0.39 is 17.8 Å². The number of carbonyl (C=O) groups excluding carboxylic acids is 2. The molecule has 112 valence electrons. The number of halogens is 1. The smallest absolute Gasteiger partial charge is 0.255 e. The maximum absolute atomic E-state index is 13.6. The Labute approximate surface area is 127 Å². The number of rotatable bonds is 3. The van der Waals surface area contributed by atoms with Crippen molar-refractivity contribution >= 4 is 17.5 Å². The minimum absolute atomic E-state index is 0.114. The van der Waals surface area contributed by atoms with Gasteiger partial charge in [-0.1, -0.05) is 30.3 Å². The van der Waals surface area contributed by atoms with Gasteiger partial charge in [-0.05, 0) is 30.7 Å². The Kier molecular flexibility index (Phi) is 3.63. The SMILES string of the molecule is CC(C(=O)Nc1ccccc1F)N1Cc2ccccc2C1=O. The molecule has 4 nitrogen and oxygen atoms in total. The van der Waals surface area contributed by atoms with E-state index in [-0.39, 0.29) is 11.6 Å². The molecule has 22 heavy (non-hydrogen) atoms. The first-order chi connectivity index (χ1) is 10.6. The Hall–Kier alpha value is -2.69. The lowest BCUT2D eigenvalue weighted by molar-refractivity contribution is -0.120. The third-order valence-corrected chi connectivity index (χ3v) is 3.83. The number of anilines is 1. The summed E-state index contributed by atoms with van der Waals surface area (Å²) in [6.07, 6.45) is 0. The summed E-state index contributed by atoms with van der Waals surface area (Å²) in [6.45, 7) is 2.03. The third-order valence-electron chi connectivity index (χ3n) is 3.83. The number of para-hydroxylation sites is 1. The van der Waals surface area contributed by atoms with Crippen LogP contribution in [-0.2, 0) is 11.3 Å². The molecule has 0 radical (unpaired) electrons. The van der Waals surface area contributed by atoms with Crippen molar-refractivity contribution in [3.05, 3.63) is 65.5 Å². The second-order valence-electron chi connectivity index (χ2n) is 5.24. The highest BCUT2D eigenvalue weighted by Gasteiger charge is 2.33. The van der Waals surface area contributed by atoms with Crippen molar-refractivity contribution in [3.8, 4) is 0 Å². The van der Waals surface area contributed by atoms with Gasteiger partial charge in [0.25, 0.3) is 5.91 Å². The van der Waals surface area contributed by atoms with Gasteiger partial charge in [0.05, 0.1) is 5.69 Å². The van der Waals surface area contributed by atoms with Crippen LogP contribution >= 0.6 is 0 Å². The van der Waals surface area contributed by atoms with Gasteiger partial charge in [0.2, 0.25) is 5.91 Å². The summed E-state index contributed by atoms with van der Waals surface area (Å²) < 4.78 is 13.6. The predicted octanol–water partition coefficient (Wildman–Crippen LogP) is 2.81. The highest BCUT2D eigenvalue weighted by molar-refractivity contribution is 6.03. The average Bonchev–Trinajstić information content (AvgIpc) is 2.86. The summed E-state index contributed by atoms with van der Waals surface area (Å²) in [5, 5.41) is 2.53. The minimum atomic E-state index is -0.681. The maximum atomic E-state index is 13.6. The van der Waals surface area contributed by atoms with E-state index in [9.17, 15) is 14.0 Å². The summed E-state index contributed by atoms with van der Waals surface area (Å²) >= 11 is 0. The van der Waals surface area contributed by atoms with E-state index in [0.29, 0.717) is 12.1 Å². The molecule has 1 N–H and O–H groups in total. The number of nitrogens with zero attached hydrogens (tertiary/aromatic N) is 1. The van der Waals surface area contributed by atoms with Crippen LogP contribution in [-0.4, -0.2) is 22.8 Å². The average molecular weight is 298 g/mol. The molecular weight excluding hydrogens is 283 g/mol. The van der Waals surface area contributed by atoms with Crippen LogP contribution in [0, 0.1) is 5.82 Å². The number of nitrogens with one attached hydrogen (secondary N) is 1. The highest BCUT2D eigenvalue weighted by Crippen LogP contribution is 2.25. The Balaban J connectivity index is 1.75. The fraction of sp³-hybridized carbons (Fsp3) is 0.176. The fourth-order valence-electron chi connectivity index (χ4n) is 2.53. The van der Waals surface area contributed by atoms with Gasteiger partial charge in [-0.25, -0.2) is 4.39 Å². The van der Waals surface area contributed by atoms with E-state index in [0.717, 1.165) is 5.56 Å². The van der Waals surface area contributed by atoms with Gasteiger partial charge in [-0.3, -0.25) is 9.59 Å². The summed E-state index contributed by atoms with van der Waals surface area (Å²) in [5.41, 5.74) is 1.63. The van der Waals surface area contributed by atoms with Crippen LogP contribution in [0.4, 0.5) is 10.1 Å². The summed E-state index contributed by atoms with van der Waals surface area (Å²) in [6, 6.07) is 12.5. The Morgan fingerprint density at radius 3 is 2.59 bits per heavy atom. The molecule has 3 rings (SSSR count). The minimum Gasteiger partial charge on any atom is -0.323 e. The third kappa shape index (κ3) is 2.45. The molecule has 2 aromatic rings. The van der Waals surface area contributed by atoms with Crippen molar-refractivity contribution in [1.29, 1.82) is 0 Å². The molecule has 2 aromatic carbocycles. The number of hydrogen-bond donors (Lipinski definition) is 1. The highest BCUT2D eigenvalue weighted by atomic mass is 19.1. The van der Waals surface area contributed by atoms with Crippen molar-refractivity contribution in [2.24, 2.45) is 0 Å². The zero-order valence-corrected chi connectivity index (χ0v) is 12.0. The zero-order valence-electron chi connectivity index (χ0n) is 12.0. The molecule has 0 bridgehead atoms. The van der Waals surface area contributed by atoms with Crippen LogP contribution in [0.5, 0.6) is 0 Å². The zero-order chi connectivity index (χ0) is 15.7. The van der Waals surface area contributed by atoms with Crippen LogP contribution in [0.15, 0.2) is 48.5 Å². The molecule has 1 heterocycles. The van der Waals surface area contributed by atoms with E-state index >= 15 is 0 Å².